The van der Waals surface area contributed by atoms with E-state index in [4.69, 9.17) is 10.5 Å². The molecule has 4 nitrogen and oxygen atoms in total. The summed E-state index contributed by atoms with van der Waals surface area (Å²) in [6.45, 7) is 4.64. The molecule has 0 aliphatic heterocycles. The van der Waals surface area contributed by atoms with Gasteiger partial charge in [0, 0.05) is 13.6 Å². The first kappa shape index (κ1) is 8.80. The van der Waals surface area contributed by atoms with Crippen LogP contribution in [0.25, 0.3) is 0 Å². The van der Waals surface area contributed by atoms with E-state index >= 15 is 0 Å². The molecule has 0 aromatic carbocycles. The predicted molar refractivity (Wildman–Crippen MR) is 46.9 cm³/mol. The average Bonchev–Trinajstić information content (AvgIpc) is 2.47. The molecule has 0 amide bonds. The molecular weight excluding hydrogens is 154 g/mol. The van der Waals surface area contributed by atoms with Crippen molar-refractivity contribution in [3.05, 3.63) is 24.5 Å². The lowest BCUT2D eigenvalue weighted by molar-refractivity contribution is 0.350. The van der Waals surface area contributed by atoms with Crippen LogP contribution in [0.5, 0.6) is 5.75 Å². The van der Waals surface area contributed by atoms with Crippen LogP contribution in [0.2, 0.25) is 0 Å². The van der Waals surface area contributed by atoms with Gasteiger partial charge in [-0.3, -0.25) is 4.68 Å². The molecule has 0 spiro atoms. The minimum absolute atomic E-state index is 0.459. The number of nitrogens with two attached hydrogens (primary N) is 1. The van der Waals surface area contributed by atoms with Crippen molar-refractivity contribution < 1.29 is 4.74 Å². The number of aromatic nitrogens is 2. The van der Waals surface area contributed by atoms with Crippen molar-refractivity contribution >= 4 is 0 Å². The molecule has 2 N–H and O–H groups in total. The zero-order valence-corrected chi connectivity index (χ0v) is 7.16. The van der Waals surface area contributed by atoms with E-state index in [2.05, 4.69) is 11.7 Å². The SMILES string of the molecule is C=C(CN)COc1cnn(C)c1. The van der Waals surface area contributed by atoms with Gasteiger partial charge in [-0.15, -0.1) is 0 Å². The number of hydrogen-bond donors (Lipinski definition) is 1. The molecule has 0 aliphatic rings. The highest BCUT2D eigenvalue weighted by Gasteiger charge is 1.96. The van der Waals surface area contributed by atoms with E-state index in [9.17, 15) is 0 Å². The van der Waals surface area contributed by atoms with Gasteiger partial charge in [-0.05, 0) is 5.57 Å². The van der Waals surface area contributed by atoms with Crippen molar-refractivity contribution in [1.29, 1.82) is 0 Å². The fourth-order valence-corrected chi connectivity index (χ4v) is 0.718. The first-order valence-electron chi connectivity index (χ1n) is 3.70. The Kier molecular flexibility index (Phi) is 2.88. The third kappa shape index (κ3) is 2.39. The molecule has 1 rings (SSSR count). The number of rotatable bonds is 4. The van der Waals surface area contributed by atoms with E-state index < -0.39 is 0 Å². The first-order chi connectivity index (χ1) is 5.72. The molecule has 0 radical (unpaired) electrons. The quantitative estimate of drug-likeness (QED) is 0.657. The molecule has 0 bridgehead atoms. The Hall–Kier alpha value is -1.29. The Balaban J connectivity index is 2.38. The van der Waals surface area contributed by atoms with Crippen LogP contribution in [-0.2, 0) is 7.05 Å². The molecule has 0 fully saturated rings. The summed E-state index contributed by atoms with van der Waals surface area (Å²) < 4.78 is 7.00. The maximum Gasteiger partial charge on any atom is 0.157 e. The van der Waals surface area contributed by atoms with E-state index in [1.54, 1.807) is 17.1 Å². The highest BCUT2D eigenvalue weighted by molar-refractivity contribution is 5.13. The van der Waals surface area contributed by atoms with Crippen LogP contribution in [0.15, 0.2) is 24.5 Å². The maximum absolute atomic E-state index is 5.34. The first-order valence-corrected chi connectivity index (χ1v) is 3.70. The maximum atomic E-state index is 5.34. The average molecular weight is 167 g/mol. The van der Waals surface area contributed by atoms with E-state index in [1.807, 2.05) is 7.05 Å². The summed E-state index contributed by atoms with van der Waals surface area (Å²) in [5.74, 6) is 0.743. The predicted octanol–water partition coefficient (Wildman–Crippen LogP) is 0.314. The lowest BCUT2D eigenvalue weighted by Crippen LogP contribution is -2.09. The lowest BCUT2D eigenvalue weighted by Gasteiger charge is -2.02. The van der Waals surface area contributed by atoms with Gasteiger partial charge < -0.3 is 10.5 Å². The topological polar surface area (TPSA) is 53.1 Å². The molecule has 0 saturated carbocycles. The second kappa shape index (κ2) is 3.92. The molecule has 12 heavy (non-hydrogen) atoms. The summed E-state index contributed by atoms with van der Waals surface area (Å²) in [6.07, 6.45) is 3.45. The van der Waals surface area contributed by atoms with Crippen LogP contribution in [0.1, 0.15) is 0 Å². The Bertz CT molecular complexity index is 267. The van der Waals surface area contributed by atoms with Gasteiger partial charge in [-0.25, -0.2) is 0 Å². The summed E-state index contributed by atoms with van der Waals surface area (Å²) >= 11 is 0. The van der Waals surface area contributed by atoms with Gasteiger partial charge in [-0.2, -0.15) is 5.10 Å². The van der Waals surface area contributed by atoms with Crippen LogP contribution < -0.4 is 10.5 Å². The zero-order chi connectivity index (χ0) is 8.97. The third-order valence-electron chi connectivity index (χ3n) is 1.41. The minimum Gasteiger partial charge on any atom is -0.486 e. The number of nitrogens with zero attached hydrogens (tertiary/aromatic N) is 2. The summed E-state index contributed by atoms with van der Waals surface area (Å²) in [4.78, 5) is 0. The minimum atomic E-state index is 0.459. The molecule has 1 aromatic rings. The highest BCUT2D eigenvalue weighted by atomic mass is 16.5. The van der Waals surface area contributed by atoms with Gasteiger partial charge in [0.05, 0.1) is 12.4 Å². The van der Waals surface area contributed by atoms with Gasteiger partial charge in [0.25, 0.3) is 0 Å². The number of aryl methyl sites for hydroxylation is 1. The summed E-state index contributed by atoms with van der Waals surface area (Å²) in [5, 5.41) is 3.95. The Morgan fingerprint density at radius 1 is 1.83 bits per heavy atom. The lowest BCUT2D eigenvalue weighted by atomic mass is 10.3. The van der Waals surface area contributed by atoms with Crippen molar-refractivity contribution in [3.8, 4) is 5.75 Å². The monoisotopic (exact) mass is 167 g/mol. The van der Waals surface area contributed by atoms with Gasteiger partial charge in [0.2, 0.25) is 0 Å². The molecule has 0 aliphatic carbocycles. The van der Waals surface area contributed by atoms with Crippen LogP contribution in [0.4, 0.5) is 0 Å². The van der Waals surface area contributed by atoms with Gasteiger partial charge in [0.15, 0.2) is 5.75 Å². The molecule has 0 saturated heterocycles. The Labute approximate surface area is 71.6 Å². The Morgan fingerprint density at radius 2 is 2.58 bits per heavy atom. The standard InChI is InChI=1S/C8H13N3O/c1-7(3-9)6-12-8-4-10-11(2)5-8/h4-5H,1,3,6,9H2,2H3. The number of hydrogen-bond acceptors (Lipinski definition) is 3. The molecule has 66 valence electrons. The largest absolute Gasteiger partial charge is 0.486 e. The fraction of sp³-hybridized carbons (Fsp3) is 0.375. The number of ether oxygens (including phenoxy) is 1. The second-order valence-electron chi connectivity index (χ2n) is 2.59. The van der Waals surface area contributed by atoms with Gasteiger partial charge >= 0.3 is 0 Å². The summed E-state index contributed by atoms with van der Waals surface area (Å²) in [6, 6.07) is 0. The van der Waals surface area contributed by atoms with Gasteiger partial charge in [0.1, 0.15) is 6.61 Å². The van der Waals surface area contributed by atoms with Crippen molar-refractivity contribution in [2.24, 2.45) is 12.8 Å². The smallest absolute Gasteiger partial charge is 0.157 e. The molecular formula is C8H13N3O. The zero-order valence-electron chi connectivity index (χ0n) is 7.16. The van der Waals surface area contributed by atoms with Gasteiger partial charge in [-0.1, -0.05) is 6.58 Å². The van der Waals surface area contributed by atoms with Crippen LogP contribution in [0.3, 0.4) is 0 Å². The molecule has 1 heterocycles. The van der Waals surface area contributed by atoms with Crippen molar-refractivity contribution in [2.45, 2.75) is 0 Å². The van der Waals surface area contributed by atoms with Crippen molar-refractivity contribution in [2.75, 3.05) is 13.2 Å². The van der Waals surface area contributed by atoms with Crippen LogP contribution in [-0.4, -0.2) is 22.9 Å². The Morgan fingerprint density at radius 3 is 3.08 bits per heavy atom. The normalized spacial score (nSPS) is 9.83. The third-order valence-corrected chi connectivity index (χ3v) is 1.41. The summed E-state index contributed by atoms with van der Waals surface area (Å²) in [5.41, 5.74) is 6.21. The molecule has 4 heteroatoms. The second-order valence-corrected chi connectivity index (χ2v) is 2.59. The molecule has 1 aromatic heterocycles. The summed E-state index contributed by atoms with van der Waals surface area (Å²) in [7, 11) is 1.84. The van der Waals surface area contributed by atoms with E-state index in [1.165, 1.54) is 0 Å². The van der Waals surface area contributed by atoms with Crippen molar-refractivity contribution in [3.63, 3.8) is 0 Å². The van der Waals surface area contributed by atoms with Crippen LogP contribution in [0, 0.1) is 0 Å². The molecule has 0 atom stereocenters. The van der Waals surface area contributed by atoms with Crippen LogP contribution >= 0.6 is 0 Å². The van der Waals surface area contributed by atoms with E-state index in [0.717, 1.165) is 11.3 Å². The van der Waals surface area contributed by atoms with Crippen molar-refractivity contribution in [1.82, 2.24) is 9.78 Å². The highest BCUT2D eigenvalue weighted by Crippen LogP contribution is 2.07. The molecule has 0 unspecified atom stereocenters. The van der Waals surface area contributed by atoms with E-state index in [0.29, 0.717) is 13.2 Å². The fourth-order valence-electron chi connectivity index (χ4n) is 0.718. The van der Waals surface area contributed by atoms with E-state index in [-0.39, 0.29) is 0 Å².